The molecule has 0 N–H and O–H groups in total. The molecular formula is C94H52N8. The predicted molar refractivity (Wildman–Crippen MR) is 425 cm³/mol. The van der Waals surface area contributed by atoms with Crippen molar-refractivity contribution in [2.75, 3.05) is 0 Å². The quantitative estimate of drug-likeness (QED) is 0.166. The molecule has 0 aliphatic rings. The van der Waals surface area contributed by atoms with Crippen LogP contribution in [0.5, 0.6) is 0 Å². The fourth-order valence-corrected chi connectivity index (χ4v) is 18.0. The molecule has 0 saturated carbocycles. The van der Waals surface area contributed by atoms with Crippen LogP contribution in [0, 0.1) is 0 Å². The van der Waals surface area contributed by atoms with E-state index in [2.05, 4.69) is 333 Å². The smallest absolute Gasteiger partial charge is 0.162 e. The maximum absolute atomic E-state index is 5.92. The van der Waals surface area contributed by atoms with E-state index in [0.29, 0.717) is 11.6 Å². The van der Waals surface area contributed by atoms with Crippen LogP contribution >= 0.6 is 0 Å². The van der Waals surface area contributed by atoms with Crippen LogP contribution in [0.4, 0.5) is 0 Å². The number of hydrogen-bond donors (Lipinski definition) is 0. The van der Waals surface area contributed by atoms with Gasteiger partial charge in [0.1, 0.15) is 11.6 Å². The second-order valence-electron chi connectivity index (χ2n) is 27.5. The maximum Gasteiger partial charge on any atom is 0.162 e. The highest BCUT2D eigenvalue weighted by Gasteiger charge is 2.30. The Labute approximate surface area is 580 Å². The summed E-state index contributed by atoms with van der Waals surface area (Å²) in [5.41, 5.74) is 19.8. The van der Waals surface area contributed by atoms with Gasteiger partial charge in [-0.05, 0) is 123 Å². The van der Waals surface area contributed by atoms with Crippen molar-refractivity contribution in [2.24, 2.45) is 0 Å². The first kappa shape index (κ1) is 54.2. The van der Waals surface area contributed by atoms with Crippen LogP contribution in [0.15, 0.2) is 315 Å². The molecule has 0 bridgehead atoms. The van der Waals surface area contributed by atoms with Gasteiger partial charge in [0.25, 0.3) is 0 Å². The summed E-state index contributed by atoms with van der Waals surface area (Å²) in [6.07, 6.45) is 0. The molecule has 0 unspecified atom stereocenters. The van der Waals surface area contributed by atoms with Crippen LogP contribution in [0.2, 0.25) is 0 Å². The minimum atomic E-state index is 0.667. The Morgan fingerprint density at radius 2 is 0.608 bits per heavy atom. The number of nitrogens with zero attached hydrogens (tertiary/aromatic N) is 8. The van der Waals surface area contributed by atoms with Crippen LogP contribution in [0.3, 0.4) is 0 Å². The van der Waals surface area contributed by atoms with Crippen molar-refractivity contribution in [1.29, 1.82) is 0 Å². The summed E-state index contributed by atoms with van der Waals surface area (Å²) >= 11 is 0. The summed E-state index contributed by atoms with van der Waals surface area (Å²) in [5.74, 6) is 3.03. The topological polar surface area (TPSA) is 70.2 Å². The second kappa shape index (κ2) is 19.9. The lowest BCUT2D eigenvalue weighted by Gasteiger charge is -2.15. The zero-order valence-electron chi connectivity index (χ0n) is 54.6. The highest BCUT2D eigenvalue weighted by molar-refractivity contribution is 6.38. The Hall–Kier alpha value is -13.8. The summed E-state index contributed by atoms with van der Waals surface area (Å²) < 4.78 is 9.98. The third-order valence-corrected chi connectivity index (χ3v) is 22.3. The van der Waals surface area contributed by atoms with Crippen molar-refractivity contribution in [3.8, 4) is 56.7 Å². The molecule has 8 aromatic heterocycles. The van der Waals surface area contributed by atoms with Crippen LogP contribution in [0.25, 0.3) is 231 Å². The van der Waals surface area contributed by atoms with Crippen LogP contribution < -0.4 is 0 Å². The monoisotopic (exact) mass is 1290 g/mol. The van der Waals surface area contributed by atoms with E-state index in [1.807, 2.05) is 0 Å². The molecule has 102 heavy (non-hydrogen) atoms. The minimum absolute atomic E-state index is 0.667. The molecule has 0 amide bonds. The van der Waals surface area contributed by atoms with E-state index in [1.165, 1.54) is 97.5 Å². The van der Waals surface area contributed by atoms with Gasteiger partial charge >= 0.3 is 0 Å². The molecule has 24 rings (SSSR count). The third-order valence-electron chi connectivity index (χ3n) is 22.3. The molecule has 16 aromatic carbocycles. The molecule has 0 spiro atoms. The maximum atomic E-state index is 5.92. The van der Waals surface area contributed by atoms with Crippen molar-refractivity contribution in [1.82, 2.24) is 37.9 Å². The van der Waals surface area contributed by atoms with Gasteiger partial charge in [0.15, 0.2) is 11.6 Å². The van der Waals surface area contributed by atoms with E-state index in [4.69, 9.17) is 19.9 Å². The standard InChI is InChI=1S/C94H52N8/c1-2-20-53(21-3-1)57-25-18-26-60(48-57)91-95-77-35-13-8-30-67(77)93(97-91)101-85-61-27-6-4-22-54(61)43-46-65(85)75-52-76-72-50-59(44-47-82(72)100-81-39-17-12-33-70(81)84(88(76)100)90(75)101)58-41-40-56-24-19-34-66(71(56)49-58)92-96-78-36-14-9-31-68(78)94(98-92)102-86-62-28-7-5-23-55(62)42-45-64(86)74-51-73-63-29-10-15-37-79(63)99-80-38-16-11-32-69(80)83(87(73)99)89(74)102/h1-52H. The van der Waals surface area contributed by atoms with E-state index in [1.54, 1.807) is 0 Å². The van der Waals surface area contributed by atoms with E-state index in [9.17, 15) is 0 Å². The van der Waals surface area contributed by atoms with Gasteiger partial charge in [-0.3, -0.25) is 9.13 Å². The molecule has 0 aliphatic heterocycles. The first-order valence-corrected chi connectivity index (χ1v) is 34.9. The zero-order chi connectivity index (χ0) is 66.2. The van der Waals surface area contributed by atoms with Crippen LogP contribution in [-0.4, -0.2) is 37.9 Å². The molecule has 468 valence electrons. The van der Waals surface area contributed by atoms with E-state index >= 15 is 0 Å². The molecule has 0 radical (unpaired) electrons. The summed E-state index contributed by atoms with van der Waals surface area (Å²) in [5, 5.41) is 23.2. The second-order valence-corrected chi connectivity index (χ2v) is 27.5. The van der Waals surface area contributed by atoms with Crippen molar-refractivity contribution in [3.05, 3.63) is 315 Å². The molecule has 8 heteroatoms. The molecule has 24 aromatic rings. The predicted octanol–water partition coefficient (Wildman–Crippen LogP) is 24.2. The van der Waals surface area contributed by atoms with E-state index < -0.39 is 0 Å². The molecule has 0 saturated heterocycles. The Balaban J connectivity index is 0.732. The van der Waals surface area contributed by atoms with Gasteiger partial charge in [-0.15, -0.1) is 0 Å². The molecule has 0 aliphatic carbocycles. The van der Waals surface area contributed by atoms with Crippen molar-refractivity contribution in [3.63, 3.8) is 0 Å². The Kier molecular flexibility index (Phi) is 10.6. The molecule has 8 heterocycles. The van der Waals surface area contributed by atoms with Crippen LogP contribution in [0.1, 0.15) is 0 Å². The Morgan fingerprint density at radius 3 is 1.24 bits per heavy atom. The van der Waals surface area contributed by atoms with Crippen LogP contribution in [-0.2, 0) is 0 Å². The normalized spacial score (nSPS) is 12.5. The largest absolute Gasteiger partial charge is 0.308 e. The lowest BCUT2D eigenvalue weighted by atomic mass is 9.96. The fraction of sp³-hybridized carbons (Fsp3) is 0. The summed E-state index contributed by atoms with van der Waals surface area (Å²) in [4.78, 5) is 22.6. The number of hydrogen-bond acceptors (Lipinski definition) is 4. The van der Waals surface area contributed by atoms with Crippen molar-refractivity contribution in [2.45, 2.75) is 0 Å². The van der Waals surface area contributed by atoms with Gasteiger partial charge in [0, 0.05) is 97.3 Å². The Bertz CT molecular complexity index is 7820. The highest BCUT2D eigenvalue weighted by Crippen LogP contribution is 2.52. The van der Waals surface area contributed by atoms with Gasteiger partial charge in [0.05, 0.1) is 66.2 Å². The van der Waals surface area contributed by atoms with Gasteiger partial charge < -0.3 is 8.80 Å². The molecular weight excluding hydrogens is 1240 g/mol. The summed E-state index contributed by atoms with van der Waals surface area (Å²) in [7, 11) is 0. The SMILES string of the molecule is c1ccc(-c2cccc(-c3nc(-n4c5c6ccccc6ccc5c5cc6c7cc(-c8ccc9cccc(-c%10nc(-n%11c%12c%13ccccc%13ccc%12c%12cc%13c%14ccccc%14n%14c%15ccccc%15c(c%12%11)c%13%14)c%11ccccc%11n%10)c9c8)ccc7n7c8ccccc8c(c54)c67)c4ccccc4n3)c2)cc1. The van der Waals surface area contributed by atoms with Gasteiger partial charge in [-0.1, -0.05) is 237 Å². The fourth-order valence-electron chi connectivity index (χ4n) is 18.0. The van der Waals surface area contributed by atoms with Gasteiger partial charge in [0.2, 0.25) is 0 Å². The zero-order valence-corrected chi connectivity index (χ0v) is 54.6. The molecule has 8 nitrogen and oxygen atoms in total. The van der Waals surface area contributed by atoms with E-state index in [0.717, 1.165) is 121 Å². The van der Waals surface area contributed by atoms with E-state index in [-0.39, 0.29) is 0 Å². The lowest BCUT2D eigenvalue weighted by molar-refractivity contribution is 1.08. The minimum Gasteiger partial charge on any atom is -0.308 e. The average molecular weight is 1290 g/mol. The highest BCUT2D eigenvalue weighted by atomic mass is 15.1. The third kappa shape index (κ3) is 7.18. The number of fused-ring (bicyclic) bond motifs is 27. The first-order valence-electron chi connectivity index (χ1n) is 34.9. The summed E-state index contributed by atoms with van der Waals surface area (Å²) in [6.45, 7) is 0. The first-order chi connectivity index (χ1) is 50.6. The van der Waals surface area contributed by atoms with Crippen molar-refractivity contribution < 1.29 is 0 Å². The van der Waals surface area contributed by atoms with Crippen molar-refractivity contribution >= 4 is 174 Å². The van der Waals surface area contributed by atoms with Gasteiger partial charge in [-0.25, -0.2) is 19.9 Å². The lowest BCUT2D eigenvalue weighted by Crippen LogP contribution is -2.03. The molecule has 0 fully saturated rings. The number of aromatic nitrogens is 8. The summed E-state index contributed by atoms with van der Waals surface area (Å²) in [6, 6.07) is 115. The average Bonchev–Trinajstić information content (AvgIpc) is 1.52. The Morgan fingerprint density at radius 1 is 0.196 bits per heavy atom. The number of rotatable bonds is 6. The van der Waals surface area contributed by atoms with Gasteiger partial charge in [-0.2, -0.15) is 0 Å². The molecule has 0 atom stereocenters. The number of para-hydroxylation sites is 5. The number of benzene rings is 16.